The third kappa shape index (κ3) is 6.71. The molecule has 1 rings (SSSR count). The van der Waals surface area contributed by atoms with Gasteiger partial charge >= 0.3 is 0 Å². The summed E-state index contributed by atoms with van der Waals surface area (Å²) in [6, 6.07) is 0. The van der Waals surface area contributed by atoms with Crippen molar-refractivity contribution in [2.75, 3.05) is 26.0 Å². The second-order valence-corrected chi connectivity index (χ2v) is 5.46. The number of H-pyrrole nitrogens is 1. The molecule has 0 atom stereocenters. The van der Waals surface area contributed by atoms with Crippen LogP contribution in [0, 0.1) is 5.92 Å². The van der Waals surface area contributed by atoms with Crippen molar-refractivity contribution < 1.29 is 4.74 Å². The minimum atomic E-state index is 0.741. The van der Waals surface area contributed by atoms with Gasteiger partial charge in [-0.25, -0.2) is 4.98 Å². The van der Waals surface area contributed by atoms with E-state index >= 15 is 0 Å². The predicted molar refractivity (Wildman–Crippen MR) is 73.2 cm³/mol. The lowest BCUT2D eigenvalue weighted by Crippen LogP contribution is -2.18. The number of rotatable bonds is 9. The zero-order valence-electron chi connectivity index (χ0n) is 11.0. The molecule has 1 heterocycles. The molecular formula is C12H23N3OS. The maximum absolute atomic E-state index is 4.97. The van der Waals surface area contributed by atoms with E-state index in [0.29, 0.717) is 0 Å². The van der Waals surface area contributed by atoms with E-state index in [1.54, 1.807) is 7.11 Å². The van der Waals surface area contributed by atoms with E-state index in [1.807, 2.05) is 18.0 Å². The highest BCUT2D eigenvalue weighted by atomic mass is 32.2. The lowest BCUT2D eigenvalue weighted by molar-refractivity contribution is 0.199. The second-order valence-electron chi connectivity index (χ2n) is 4.43. The molecule has 0 amide bonds. The van der Waals surface area contributed by atoms with Gasteiger partial charge in [-0.3, -0.25) is 0 Å². The average molecular weight is 257 g/mol. The molecular weight excluding hydrogens is 234 g/mol. The first-order valence-electron chi connectivity index (χ1n) is 6.02. The van der Waals surface area contributed by atoms with E-state index < -0.39 is 0 Å². The van der Waals surface area contributed by atoms with Crippen molar-refractivity contribution in [3.05, 3.63) is 17.7 Å². The number of aromatic nitrogens is 2. The van der Waals surface area contributed by atoms with Gasteiger partial charge in [-0.2, -0.15) is 11.8 Å². The first kappa shape index (κ1) is 14.5. The fourth-order valence-corrected chi connectivity index (χ4v) is 2.29. The molecule has 17 heavy (non-hydrogen) atoms. The quantitative estimate of drug-likeness (QED) is 0.665. The second kappa shape index (κ2) is 8.55. The van der Waals surface area contributed by atoms with Crippen molar-refractivity contribution in [3.8, 4) is 0 Å². The summed E-state index contributed by atoms with van der Waals surface area (Å²) in [5, 5.41) is 3.29. The molecule has 1 aromatic heterocycles. The van der Waals surface area contributed by atoms with Crippen LogP contribution in [0.3, 0.4) is 0 Å². The zero-order valence-corrected chi connectivity index (χ0v) is 11.8. The fraction of sp³-hybridized carbons (Fsp3) is 0.750. The Morgan fingerprint density at radius 1 is 1.53 bits per heavy atom. The topological polar surface area (TPSA) is 49.9 Å². The standard InChI is InChI=1S/C12H23N3OS/c1-10(2)8-17-9-12-14-7-11(15-12)6-13-4-5-16-3/h7,10,13H,4-6,8-9H2,1-3H3,(H,14,15). The summed E-state index contributed by atoms with van der Waals surface area (Å²) < 4.78 is 4.97. The molecule has 98 valence electrons. The molecule has 5 heteroatoms. The van der Waals surface area contributed by atoms with Gasteiger partial charge in [0, 0.05) is 32.1 Å². The SMILES string of the molecule is COCCNCc1cnc(CSCC(C)C)[nH]1. The van der Waals surface area contributed by atoms with Gasteiger partial charge in [-0.05, 0) is 11.7 Å². The van der Waals surface area contributed by atoms with Crippen LogP contribution in [0.5, 0.6) is 0 Å². The summed E-state index contributed by atoms with van der Waals surface area (Å²) in [7, 11) is 1.71. The van der Waals surface area contributed by atoms with E-state index in [9.17, 15) is 0 Å². The van der Waals surface area contributed by atoms with Crippen LogP contribution >= 0.6 is 11.8 Å². The molecule has 0 aliphatic heterocycles. The molecule has 0 aliphatic carbocycles. The third-order valence-corrected chi connectivity index (χ3v) is 3.55. The van der Waals surface area contributed by atoms with Crippen LogP contribution in [0.2, 0.25) is 0 Å². The summed E-state index contributed by atoms with van der Waals surface area (Å²) in [5.74, 6) is 3.96. The summed E-state index contributed by atoms with van der Waals surface area (Å²) >= 11 is 1.93. The Morgan fingerprint density at radius 2 is 2.35 bits per heavy atom. The maximum atomic E-state index is 4.97. The molecule has 0 bridgehead atoms. The van der Waals surface area contributed by atoms with E-state index in [-0.39, 0.29) is 0 Å². The molecule has 0 unspecified atom stereocenters. The minimum Gasteiger partial charge on any atom is -0.383 e. The number of thioether (sulfide) groups is 1. The molecule has 0 aliphatic rings. The van der Waals surface area contributed by atoms with Crippen molar-refractivity contribution in [1.29, 1.82) is 0 Å². The highest BCUT2D eigenvalue weighted by Gasteiger charge is 2.01. The summed E-state index contributed by atoms with van der Waals surface area (Å²) in [6.45, 7) is 6.91. The third-order valence-electron chi connectivity index (χ3n) is 2.17. The fourth-order valence-electron chi connectivity index (χ4n) is 1.36. The van der Waals surface area contributed by atoms with Crippen LogP contribution < -0.4 is 5.32 Å². The number of nitrogens with zero attached hydrogens (tertiary/aromatic N) is 1. The number of nitrogens with one attached hydrogen (secondary N) is 2. The Hall–Kier alpha value is -0.520. The van der Waals surface area contributed by atoms with Crippen LogP contribution in [0.1, 0.15) is 25.4 Å². The van der Waals surface area contributed by atoms with Gasteiger partial charge in [0.1, 0.15) is 5.82 Å². The smallest absolute Gasteiger partial charge is 0.116 e. The van der Waals surface area contributed by atoms with Crippen molar-refractivity contribution in [2.24, 2.45) is 5.92 Å². The van der Waals surface area contributed by atoms with Crippen molar-refractivity contribution >= 4 is 11.8 Å². The molecule has 1 aromatic rings. The Bertz CT molecular complexity index is 302. The van der Waals surface area contributed by atoms with Crippen LogP contribution in [0.15, 0.2) is 6.20 Å². The number of ether oxygens (including phenoxy) is 1. The molecule has 0 saturated carbocycles. The molecule has 0 radical (unpaired) electrons. The summed E-state index contributed by atoms with van der Waals surface area (Å²) in [5.41, 5.74) is 1.14. The lowest BCUT2D eigenvalue weighted by atomic mass is 10.3. The number of methoxy groups -OCH3 is 1. The van der Waals surface area contributed by atoms with E-state index in [0.717, 1.165) is 42.9 Å². The molecule has 0 spiro atoms. The molecule has 4 nitrogen and oxygen atoms in total. The number of aromatic amines is 1. The molecule has 2 N–H and O–H groups in total. The Morgan fingerprint density at radius 3 is 3.06 bits per heavy atom. The Kier molecular flexibility index (Phi) is 7.32. The lowest BCUT2D eigenvalue weighted by Gasteiger charge is -2.02. The Balaban J connectivity index is 2.18. The average Bonchev–Trinajstić information content (AvgIpc) is 2.72. The number of hydrogen-bond acceptors (Lipinski definition) is 4. The zero-order chi connectivity index (χ0) is 12.5. The van der Waals surface area contributed by atoms with Gasteiger partial charge in [0.15, 0.2) is 0 Å². The van der Waals surface area contributed by atoms with Crippen molar-refractivity contribution in [2.45, 2.75) is 26.1 Å². The minimum absolute atomic E-state index is 0.741. The first-order valence-corrected chi connectivity index (χ1v) is 7.18. The van der Waals surface area contributed by atoms with Crippen LogP contribution in [0.4, 0.5) is 0 Å². The number of imidazole rings is 1. The van der Waals surface area contributed by atoms with Gasteiger partial charge in [0.05, 0.1) is 12.4 Å². The van der Waals surface area contributed by atoms with Gasteiger partial charge in [-0.1, -0.05) is 13.8 Å². The first-order chi connectivity index (χ1) is 8.22. The summed E-state index contributed by atoms with van der Waals surface area (Å²) in [4.78, 5) is 7.69. The van der Waals surface area contributed by atoms with Gasteiger partial charge in [0.2, 0.25) is 0 Å². The van der Waals surface area contributed by atoms with Crippen LogP contribution in [-0.2, 0) is 17.0 Å². The largest absolute Gasteiger partial charge is 0.383 e. The van der Waals surface area contributed by atoms with Crippen LogP contribution in [0.25, 0.3) is 0 Å². The maximum Gasteiger partial charge on any atom is 0.116 e. The van der Waals surface area contributed by atoms with Crippen molar-refractivity contribution in [3.63, 3.8) is 0 Å². The monoisotopic (exact) mass is 257 g/mol. The van der Waals surface area contributed by atoms with Crippen LogP contribution in [-0.4, -0.2) is 36.0 Å². The van der Waals surface area contributed by atoms with Gasteiger partial charge < -0.3 is 15.0 Å². The Labute approximate surface area is 108 Å². The van der Waals surface area contributed by atoms with E-state index in [2.05, 4.69) is 29.1 Å². The number of hydrogen-bond donors (Lipinski definition) is 2. The van der Waals surface area contributed by atoms with Crippen molar-refractivity contribution in [1.82, 2.24) is 15.3 Å². The molecule has 0 fully saturated rings. The van der Waals surface area contributed by atoms with E-state index in [4.69, 9.17) is 4.74 Å². The molecule has 0 saturated heterocycles. The van der Waals surface area contributed by atoms with Gasteiger partial charge in [0.25, 0.3) is 0 Å². The van der Waals surface area contributed by atoms with E-state index in [1.165, 1.54) is 5.75 Å². The normalized spacial score (nSPS) is 11.3. The summed E-state index contributed by atoms with van der Waals surface area (Å²) in [6.07, 6.45) is 1.91. The highest BCUT2D eigenvalue weighted by Crippen LogP contribution is 2.12. The van der Waals surface area contributed by atoms with Gasteiger partial charge in [-0.15, -0.1) is 0 Å². The molecule has 0 aromatic carbocycles. The predicted octanol–water partition coefficient (Wildman–Crippen LogP) is 2.03. The highest BCUT2D eigenvalue weighted by molar-refractivity contribution is 7.98.